The van der Waals surface area contributed by atoms with Crippen molar-refractivity contribution in [3.05, 3.63) is 46.5 Å². The van der Waals surface area contributed by atoms with Crippen molar-refractivity contribution in [2.24, 2.45) is 5.73 Å². The van der Waals surface area contributed by atoms with Crippen molar-refractivity contribution in [3.63, 3.8) is 0 Å². The van der Waals surface area contributed by atoms with E-state index in [1.54, 1.807) is 6.07 Å². The molecule has 2 N–H and O–H groups in total. The SMILES string of the molecule is CCc1nc(-c2cc(F)ccc2C)nc(CC)c1CCN. The zero-order chi connectivity index (χ0) is 15.4. The molecule has 2 aromatic rings. The Bertz CT molecular complexity index is 613. The molecule has 112 valence electrons. The summed E-state index contributed by atoms with van der Waals surface area (Å²) < 4.78 is 13.5. The first kappa shape index (κ1) is 15.6. The fourth-order valence-corrected chi connectivity index (χ4v) is 2.56. The van der Waals surface area contributed by atoms with Crippen LogP contribution in [0, 0.1) is 12.7 Å². The van der Waals surface area contributed by atoms with Gasteiger partial charge in [-0.05, 0) is 56.0 Å². The van der Waals surface area contributed by atoms with Crippen LogP contribution >= 0.6 is 0 Å². The third-order valence-corrected chi connectivity index (χ3v) is 3.68. The predicted molar refractivity (Wildman–Crippen MR) is 83.7 cm³/mol. The zero-order valence-corrected chi connectivity index (χ0v) is 12.9. The van der Waals surface area contributed by atoms with Crippen molar-refractivity contribution < 1.29 is 4.39 Å². The summed E-state index contributed by atoms with van der Waals surface area (Å²) in [6, 6.07) is 4.73. The Morgan fingerprint density at radius 2 is 1.71 bits per heavy atom. The molecule has 21 heavy (non-hydrogen) atoms. The average molecular weight is 287 g/mol. The Hall–Kier alpha value is -1.81. The molecule has 0 bridgehead atoms. The topological polar surface area (TPSA) is 51.8 Å². The highest BCUT2D eigenvalue weighted by Gasteiger charge is 2.14. The number of benzene rings is 1. The Balaban J connectivity index is 2.62. The molecule has 0 aliphatic carbocycles. The van der Waals surface area contributed by atoms with Gasteiger partial charge in [0.25, 0.3) is 0 Å². The number of nitrogens with zero attached hydrogens (tertiary/aromatic N) is 2. The summed E-state index contributed by atoms with van der Waals surface area (Å²) >= 11 is 0. The fraction of sp³-hybridized carbons (Fsp3) is 0.412. The third kappa shape index (κ3) is 3.27. The predicted octanol–water partition coefficient (Wildman–Crippen LogP) is 3.22. The van der Waals surface area contributed by atoms with Crippen LogP contribution in [0.4, 0.5) is 4.39 Å². The van der Waals surface area contributed by atoms with Crippen molar-refractivity contribution in [1.29, 1.82) is 0 Å². The number of hydrogen-bond acceptors (Lipinski definition) is 3. The van der Waals surface area contributed by atoms with Crippen LogP contribution < -0.4 is 5.73 Å². The highest BCUT2D eigenvalue weighted by Crippen LogP contribution is 2.24. The molecule has 1 heterocycles. The van der Waals surface area contributed by atoms with Gasteiger partial charge in [-0.2, -0.15) is 0 Å². The first-order chi connectivity index (χ1) is 10.1. The monoisotopic (exact) mass is 287 g/mol. The number of aryl methyl sites for hydroxylation is 3. The van der Waals surface area contributed by atoms with Crippen molar-refractivity contribution in [3.8, 4) is 11.4 Å². The zero-order valence-electron chi connectivity index (χ0n) is 12.9. The van der Waals surface area contributed by atoms with E-state index >= 15 is 0 Å². The Morgan fingerprint density at radius 1 is 1.10 bits per heavy atom. The molecule has 0 aliphatic heterocycles. The molecule has 0 radical (unpaired) electrons. The minimum Gasteiger partial charge on any atom is -0.330 e. The van der Waals surface area contributed by atoms with Crippen LogP contribution in [0.5, 0.6) is 0 Å². The maximum absolute atomic E-state index is 13.5. The third-order valence-electron chi connectivity index (χ3n) is 3.68. The fourth-order valence-electron chi connectivity index (χ4n) is 2.56. The van der Waals surface area contributed by atoms with Gasteiger partial charge in [0.2, 0.25) is 0 Å². The van der Waals surface area contributed by atoms with Gasteiger partial charge in [-0.25, -0.2) is 14.4 Å². The number of aromatic nitrogens is 2. The minimum absolute atomic E-state index is 0.263. The highest BCUT2D eigenvalue weighted by atomic mass is 19.1. The molecular formula is C17H22FN3. The van der Waals surface area contributed by atoms with Crippen molar-refractivity contribution >= 4 is 0 Å². The van der Waals surface area contributed by atoms with Gasteiger partial charge >= 0.3 is 0 Å². The standard InChI is InChI=1S/C17H22FN3/c1-4-15-13(8-9-19)16(5-2)21-17(20-15)14-10-12(18)7-6-11(14)3/h6-7,10H,4-5,8-9,19H2,1-3H3. The molecule has 1 aromatic heterocycles. The van der Waals surface area contributed by atoms with Crippen molar-refractivity contribution in [2.45, 2.75) is 40.0 Å². The van der Waals surface area contributed by atoms with Crippen LogP contribution in [0.1, 0.15) is 36.4 Å². The van der Waals surface area contributed by atoms with Crippen LogP contribution in [0.25, 0.3) is 11.4 Å². The maximum Gasteiger partial charge on any atom is 0.160 e. The minimum atomic E-state index is -0.263. The molecule has 0 aliphatic rings. The summed E-state index contributed by atoms with van der Waals surface area (Å²) in [5.74, 6) is 0.350. The Kier molecular flexibility index (Phi) is 5.02. The van der Waals surface area contributed by atoms with E-state index in [1.807, 2.05) is 6.92 Å². The number of hydrogen-bond donors (Lipinski definition) is 1. The van der Waals surface area contributed by atoms with Crippen LogP contribution in [-0.2, 0) is 19.3 Å². The van der Waals surface area contributed by atoms with Gasteiger partial charge < -0.3 is 5.73 Å². The van der Waals surface area contributed by atoms with E-state index in [-0.39, 0.29) is 5.82 Å². The molecule has 0 unspecified atom stereocenters. The van der Waals surface area contributed by atoms with Crippen LogP contribution in [0.2, 0.25) is 0 Å². The van der Waals surface area contributed by atoms with E-state index in [0.717, 1.165) is 47.3 Å². The summed E-state index contributed by atoms with van der Waals surface area (Å²) in [5, 5.41) is 0. The molecule has 4 heteroatoms. The molecule has 1 aromatic carbocycles. The van der Waals surface area contributed by atoms with Crippen LogP contribution in [-0.4, -0.2) is 16.5 Å². The number of halogens is 1. The van der Waals surface area contributed by atoms with Gasteiger partial charge in [-0.1, -0.05) is 19.9 Å². The smallest absolute Gasteiger partial charge is 0.160 e. The average Bonchev–Trinajstić information content (AvgIpc) is 2.50. The molecule has 3 nitrogen and oxygen atoms in total. The molecule has 0 amide bonds. The molecule has 0 saturated carbocycles. The molecule has 0 fully saturated rings. The summed E-state index contributed by atoms with van der Waals surface area (Å²) in [7, 11) is 0. The summed E-state index contributed by atoms with van der Waals surface area (Å²) in [4.78, 5) is 9.31. The van der Waals surface area contributed by atoms with Gasteiger partial charge in [0.15, 0.2) is 5.82 Å². The maximum atomic E-state index is 13.5. The van der Waals surface area contributed by atoms with E-state index in [2.05, 4.69) is 23.8 Å². The Morgan fingerprint density at radius 3 is 2.24 bits per heavy atom. The molecule has 0 spiro atoms. The first-order valence-corrected chi connectivity index (χ1v) is 7.45. The van der Waals surface area contributed by atoms with E-state index in [4.69, 9.17) is 5.73 Å². The first-order valence-electron chi connectivity index (χ1n) is 7.45. The van der Waals surface area contributed by atoms with Crippen LogP contribution in [0.15, 0.2) is 18.2 Å². The van der Waals surface area contributed by atoms with Gasteiger partial charge in [0.1, 0.15) is 5.82 Å². The molecule has 2 rings (SSSR count). The van der Waals surface area contributed by atoms with Crippen LogP contribution in [0.3, 0.4) is 0 Å². The summed E-state index contributed by atoms with van der Waals surface area (Å²) in [6.45, 7) is 6.68. The lowest BCUT2D eigenvalue weighted by molar-refractivity contribution is 0.627. The van der Waals surface area contributed by atoms with Crippen molar-refractivity contribution in [1.82, 2.24) is 9.97 Å². The second kappa shape index (κ2) is 6.76. The second-order valence-electron chi connectivity index (χ2n) is 5.12. The van der Waals surface area contributed by atoms with Gasteiger partial charge in [-0.3, -0.25) is 0 Å². The second-order valence-corrected chi connectivity index (χ2v) is 5.12. The van der Waals surface area contributed by atoms with Gasteiger partial charge in [0.05, 0.1) is 0 Å². The van der Waals surface area contributed by atoms with Gasteiger partial charge in [0, 0.05) is 17.0 Å². The van der Waals surface area contributed by atoms with E-state index in [0.29, 0.717) is 12.4 Å². The van der Waals surface area contributed by atoms with Crippen molar-refractivity contribution in [2.75, 3.05) is 6.54 Å². The summed E-state index contributed by atoms with van der Waals surface area (Å²) in [6.07, 6.45) is 2.44. The normalized spacial score (nSPS) is 10.9. The van der Waals surface area contributed by atoms with E-state index < -0.39 is 0 Å². The lowest BCUT2D eigenvalue weighted by Crippen LogP contribution is -2.12. The molecule has 0 atom stereocenters. The highest BCUT2D eigenvalue weighted by molar-refractivity contribution is 5.60. The number of nitrogens with two attached hydrogens (primary N) is 1. The lowest BCUT2D eigenvalue weighted by atomic mass is 10.0. The lowest BCUT2D eigenvalue weighted by Gasteiger charge is -2.14. The van der Waals surface area contributed by atoms with E-state index in [9.17, 15) is 4.39 Å². The molecule has 0 saturated heterocycles. The quantitative estimate of drug-likeness (QED) is 0.918. The summed E-state index contributed by atoms with van der Waals surface area (Å²) in [5.41, 5.74) is 10.6. The number of rotatable bonds is 5. The molecular weight excluding hydrogens is 265 g/mol. The van der Waals surface area contributed by atoms with E-state index in [1.165, 1.54) is 12.1 Å². The van der Waals surface area contributed by atoms with Gasteiger partial charge in [-0.15, -0.1) is 0 Å². The largest absolute Gasteiger partial charge is 0.330 e. The Labute approximate surface area is 125 Å².